The highest BCUT2D eigenvalue weighted by atomic mass is 32.2. The van der Waals surface area contributed by atoms with Crippen LogP contribution >= 0.6 is 11.8 Å². The first-order valence-corrected chi connectivity index (χ1v) is 57.7. The fourth-order valence-electron chi connectivity index (χ4n) is 32.0. The van der Waals surface area contributed by atoms with Gasteiger partial charge in [0, 0.05) is 117 Å². The van der Waals surface area contributed by atoms with E-state index in [0.29, 0.717) is 108 Å². The summed E-state index contributed by atoms with van der Waals surface area (Å²) in [5.41, 5.74) is -3.31. The molecule has 6 aliphatic carbocycles. The number of rotatable bonds is 21. The maximum absolute atomic E-state index is 11.8. The van der Waals surface area contributed by atoms with Gasteiger partial charge in [0.25, 0.3) is 0 Å². The summed E-state index contributed by atoms with van der Waals surface area (Å²) < 4.78 is 104. The van der Waals surface area contributed by atoms with Crippen molar-refractivity contribution in [2.75, 3.05) is 38.8 Å². The van der Waals surface area contributed by atoms with Crippen LogP contribution in [0.1, 0.15) is 351 Å². The van der Waals surface area contributed by atoms with E-state index in [1.54, 1.807) is 13.0 Å². The van der Waals surface area contributed by atoms with Gasteiger partial charge in [-0.25, -0.2) is 48.9 Å². The molecule has 0 aromatic heterocycles. The third-order valence-corrected chi connectivity index (χ3v) is 41.2. The second kappa shape index (κ2) is 44.1. The van der Waals surface area contributed by atoms with Crippen molar-refractivity contribution < 1.29 is 144 Å². The highest BCUT2D eigenvalue weighted by molar-refractivity contribution is 7.99. The lowest BCUT2D eigenvalue weighted by Gasteiger charge is -2.60. The maximum Gasteiger partial charge on any atom is 0.201 e. The molecule has 143 heavy (non-hydrogen) atoms. The van der Waals surface area contributed by atoms with Crippen molar-refractivity contribution in [3.63, 3.8) is 0 Å². The van der Waals surface area contributed by atoms with Crippen LogP contribution in [0.15, 0.2) is 12.7 Å². The lowest BCUT2D eigenvalue weighted by molar-refractivity contribution is -0.577. The van der Waals surface area contributed by atoms with Crippen molar-refractivity contribution in [2.45, 2.75) is 494 Å². The molecule has 0 aromatic carbocycles. The smallest absolute Gasteiger partial charge is 0.201 e. The summed E-state index contributed by atoms with van der Waals surface area (Å²) in [6.45, 7) is 52.4. The van der Waals surface area contributed by atoms with E-state index in [9.17, 15) is 15.0 Å². The van der Waals surface area contributed by atoms with Gasteiger partial charge in [-0.3, -0.25) is 4.79 Å². The molecule has 28 fully saturated rings. The van der Waals surface area contributed by atoms with E-state index in [0.717, 1.165) is 141 Å². The molecule has 816 valence electrons. The maximum atomic E-state index is 11.8. The van der Waals surface area contributed by atoms with Crippen molar-refractivity contribution >= 4 is 17.5 Å². The summed E-state index contributed by atoms with van der Waals surface area (Å²) in [6, 6.07) is 0. The molecule has 28 rings (SSSR count). The molecule has 0 amide bonds. The van der Waals surface area contributed by atoms with E-state index in [1.807, 2.05) is 46.4 Å². The fourth-order valence-corrected chi connectivity index (χ4v) is 33.0. The molecule has 48 atom stereocenters. The number of carbonyl (C=O) groups is 1. The molecule has 0 aromatic rings. The van der Waals surface area contributed by atoms with E-state index >= 15 is 0 Å². The summed E-state index contributed by atoms with van der Waals surface area (Å²) in [6.07, 6.45) is 35.2. The molecular formula is C112H182O30S. The van der Waals surface area contributed by atoms with Crippen LogP contribution in [0.4, 0.5) is 0 Å². The number of terminal acetylenes is 1. The molecule has 22 aliphatic heterocycles. The zero-order valence-corrected chi connectivity index (χ0v) is 91.4. The van der Waals surface area contributed by atoms with Gasteiger partial charge in [0.1, 0.15) is 24.3 Å². The van der Waals surface area contributed by atoms with Crippen molar-refractivity contribution in [3.05, 3.63) is 12.7 Å². The summed E-state index contributed by atoms with van der Waals surface area (Å²) in [5, 5.41) is 22.4. The molecule has 6 saturated carbocycles. The summed E-state index contributed by atoms with van der Waals surface area (Å²) in [4.78, 5) is 70.7. The predicted molar refractivity (Wildman–Crippen MR) is 525 cm³/mol. The first-order valence-electron chi connectivity index (χ1n) is 56.7. The number of ether oxygens (including phenoxy) is 17. The molecular weight excluding hydrogens is 1860 g/mol. The summed E-state index contributed by atoms with van der Waals surface area (Å²) in [5.74, 6) is 7.29. The van der Waals surface area contributed by atoms with E-state index in [2.05, 4.69) is 116 Å². The molecule has 22 saturated heterocycles. The Labute approximate surface area is 857 Å². The second-order valence-electron chi connectivity index (χ2n) is 49.7. The average Bonchev–Trinajstić information content (AvgIpc) is 1.66. The number of hydrogen-bond donors (Lipinski definition) is 2. The van der Waals surface area contributed by atoms with Gasteiger partial charge in [0.05, 0.1) is 6.61 Å². The van der Waals surface area contributed by atoms with Crippen molar-refractivity contribution in [1.29, 1.82) is 0 Å². The quantitative estimate of drug-likeness (QED) is 0.0467. The summed E-state index contributed by atoms with van der Waals surface area (Å²) >= 11 is 1.89. The molecule has 10 bridgehead atoms. The second-order valence-corrected chi connectivity index (χ2v) is 51.0. The van der Waals surface area contributed by atoms with Crippen LogP contribution in [0.25, 0.3) is 0 Å². The van der Waals surface area contributed by atoms with Gasteiger partial charge in [-0.05, 0) is 260 Å². The minimum Gasteiger partial charge on any atom is -0.384 e. The van der Waals surface area contributed by atoms with E-state index in [-0.39, 0.29) is 115 Å². The third-order valence-electron chi connectivity index (χ3n) is 40.0. The van der Waals surface area contributed by atoms with E-state index in [4.69, 9.17) is 136 Å². The number of unbranched alkanes of at least 4 members (excludes halogenated alkanes) is 5. The highest BCUT2D eigenvalue weighted by Gasteiger charge is 2.77. The molecule has 5 spiro atoms. The highest BCUT2D eigenvalue weighted by Crippen LogP contribution is 2.69. The summed E-state index contributed by atoms with van der Waals surface area (Å²) in [7, 11) is 0. The Morgan fingerprint density at radius 2 is 0.664 bits per heavy atom. The Hall–Kier alpha value is -1.84. The number of thioether (sulfide) groups is 1. The average molecular weight is 2040 g/mol. The van der Waals surface area contributed by atoms with Crippen molar-refractivity contribution in [2.24, 2.45) is 142 Å². The first kappa shape index (κ1) is 111. The van der Waals surface area contributed by atoms with Crippen molar-refractivity contribution in [3.8, 4) is 12.3 Å². The van der Waals surface area contributed by atoms with Gasteiger partial charge in [-0.15, -0.1) is 24.8 Å². The Bertz CT molecular complexity index is 4270. The van der Waals surface area contributed by atoms with Gasteiger partial charge in [0.2, 0.25) is 28.9 Å². The molecule has 30 nitrogen and oxygen atoms in total. The number of ketones is 1. The number of hydrogen-bond acceptors (Lipinski definition) is 31. The lowest BCUT2D eigenvalue weighted by Crippen LogP contribution is -2.70. The first-order chi connectivity index (χ1) is 68.1. The van der Waals surface area contributed by atoms with E-state index in [1.165, 1.54) is 71.1 Å². The Balaban J connectivity index is 0.000000113. The van der Waals surface area contributed by atoms with Gasteiger partial charge in [0.15, 0.2) is 109 Å². The minimum atomic E-state index is -1.27. The van der Waals surface area contributed by atoms with Crippen LogP contribution in [-0.4, -0.2) is 198 Å². The van der Waals surface area contributed by atoms with Crippen LogP contribution in [0.3, 0.4) is 0 Å². The largest absolute Gasteiger partial charge is 0.384 e. The van der Waals surface area contributed by atoms with Gasteiger partial charge in [-0.2, -0.15) is 0 Å². The van der Waals surface area contributed by atoms with Crippen LogP contribution in [0.2, 0.25) is 0 Å². The molecule has 28 aliphatic rings. The normalized spacial score (nSPS) is 53.4. The fraction of sp³-hybridized carbons (Fsp3) is 0.955. The molecule has 2 N–H and O–H groups in total. The topological polar surface area (TPSA) is 307 Å². The number of carbonyl (C=O) groups excluding carboxylic acids is 1. The SMILES string of the molecule is C#CCO[C@H]1O[C@@H]2O[C@@]3(C)CCC4[C@H](C)CCC([C@H]1C)[C@]42OO3.C=CCO[C@H]1O[C@@H]2O[C@@]3(C)CCC4[C@H](C)CCC([C@H]1C)[C@]42OO3.CC(=O)CO[C@H]1O[C@@H]2O[C@@]3(C)CCC4[C@H](C)CCC([C@H]1C)[C@]42OO3.CCCCCCCCOC1O[C@@H]2O[C@](C)(O)CCC3[C@H](C)CCC([C@H]1C)[C@]32O.CCCO[C@H]1O[C@@H]2O[C@@]3(C)CCC4[C@H](C)CCC([C@H]1C)[C@]42OO3.CCS[C@H]1O[C@@H]2O[C@@]3(C)CCC4[C@H](C)CCC([C@H]1C)[C@]42OO3. The van der Waals surface area contributed by atoms with Crippen LogP contribution in [0, 0.1) is 154 Å². The lowest BCUT2D eigenvalue weighted by atomic mass is 9.58. The van der Waals surface area contributed by atoms with Gasteiger partial charge < -0.3 is 90.7 Å². The Kier molecular flexibility index (Phi) is 34.2. The van der Waals surface area contributed by atoms with Gasteiger partial charge in [-0.1, -0.05) is 148 Å². The number of aliphatic hydroxyl groups is 2. The molecule has 31 heteroatoms. The van der Waals surface area contributed by atoms with Crippen molar-refractivity contribution in [1.82, 2.24) is 0 Å². The number of Topliss-reactive ketones (excluding diaryl/α,β-unsaturated/α-hetero) is 1. The third kappa shape index (κ3) is 20.4. The Morgan fingerprint density at radius 1 is 0.350 bits per heavy atom. The Morgan fingerprint density at radius 3 is 1.03 bits per heavy atom. The van der Waals surface area contributed by atoms with Crippen LogP contribution in [-0.2, 0) is 134 Å². The van der Waals surface area contributed by atoms with Crippen LogP contribution in [0.5, 0.6) is 0 Å². The monoisotopic (exact) mass is 2040 g/mol. The molecule has 13 unspecified atom stereocenters. The minimum absolute atomic E-state index is 0.00363. The van der Waals surface area contributed by atoms with E-state index < -0.39 is 99.8 Å². The number of fused-ring (bicyclic) bond motifs is 10. The van der Waals surface area contributed by atoms with Crippen LogP contribution < -0.4 is 0 Å². The zero-order valence-electron chi connectivity index (χ0n) is 90.5. The standard InChI is InChI=1S/C23H42O5.C18H28O6.C18H30O5.C18H28O5.C18H26O5.C17H28O4S/c1-5-6-7-8-9-10-15-26-20-17(3)19-12-11-16(2)18-13-14-22(4,24)28-21(27-20)23(18,19)25;1-10-5-6-14-12(3)15(20-9-11(2)19)21-16-18(14)13(10)7-8-17(4,22-16)23-24-18;3*1-5-10-19-15-12(3)14-7-6-11(2)13-8-9-17(4)21-16(20-15)18(13,14)23-22-17;1-5-22-14-11(3)13-7-6-10(2)12-8-9-16(4)19-15(18-14)17(12,13)21-20-16/h16-21,24-25H,5-15H2,1-4H3;10,12-16H,5-9H2,1-4H3;11-16H,5-10H2,1-4H3;5,11-16H,1,6-10H2,2-4H3;1,11-16H,6-10H2,2-4H3;10-15H,5-9H2,1-4H3/t16-,17-,18?,19?,20?,21-,22+,23-;10-,12-,13?,14?,15+,16-,17-,18-;3*11-,12-,13?,14?,15+,16-,17-,18-;10-,11-,12?,13?,14-,15-,16-,17-/m111111/s1. The molecule has 22 heterocycles. The predicted octanol–water partition coefficient (Wildman–Crippen LogP) is 21.2. The molecule has 0 radical (unpaired) electrons. The van der Waals surface area contributed by atoms with Gasteiger partial charge >= 0.3 is 0 Å². The zero-order chi connectivity index (χ0) is 102.